The minimum absolute atomic E-state index is 0.480. The molecule has 4 heteroatoms. The number of methoxy groups -OCH3 is 1. The molecule has 0 spiro atoms. The Morgan fingerprint density at radius 1 is 0.955 bits per heavy atom. The van der Waals surface area contributed by atoms with E-state index < -0.39 is 0 Å². The van der Waals surface area contributed by atoms with Crippen molar-refractivity contribution in [2.24, 2.45) is 11.1 Å². The summed E-state index contributed by atoms with van der Waals surface area (Å²) in [4.78, 5) is 0. The lowest BCUT2D eigenvalue weighted by molar-refractivity contribution is 0.271. The van der Waals surface area contributed by atoms with E-state index in [1.165, 1.54) is 0 Å². The summed E-state index contributed by atoms with van der Waals surface area (Å²) in [5, 5.41) is 12.8. The van der Waals surface area contributed by atoms with E-state index in [1.54, 1.807) is 7.11 Å². The molecule has 0 bridgehead atoms. The summed E-state index contributed by atoms with van der Waals surface area (Å²) in [5.41, 5.74) is 2.15. The first-order valence-corrected chi connectivity index (χ1v) is 7.23. The fraction of sp³-hybridized carbons (Fsp3) is 0.278. The van der Waals surface area contributed by atoms with E-state index in [2.05, 4.69) is 19.0 Å². The minimum Gasteiger partial charge on any atom is -0.497 e. The van der Waals surface area contributed by atoms with Crippen molar-refractivity contribution in [1.82, 2.24) is 0 Å². The predicted molar refractivity (Wildman–Crippen MR) is 87.2 cm³/mol. The van der Waals surface area contributed by atoms with Crippen molar-refractivity contribution in [2.75, 3.05) is 13.7 Å². The van der Waals surface area contributed by atoms with Gasteiger partial charge in [-0.25, -0.2) is 0 Å². The van der Waals surface area contributed by atoms with Crippen molar-refractivity contribution in [1.29, 1.82) is 0 Å². The molecule has 0 saturated heterocycles. The predicted octanol–water partition coefficient (Wildman–Crippen LogP) is 3.96. The van der Waals surface area contributed by atoms with Gasteiger partial charge in [-0.05, 0) is 54.4 Å². The summed E-state index contributed by atoms with van der Waals surface area (Å²) >= 11 is 0. The van der Waals surface area contributed by atoms with Crippen LogP contribution in [0.4, 0.5) is 0 Å². The molecule has 0 atom stereocenters. The van der Waals surface area contributed by atoms with Gasteiger partial charge in [-0.15, -0.1) is 0 Å². The topological polar surface area (TPSA) is 51.0 Å². The number of benzene rings is 2. The maximum atomic E-state index is 9.33. The summed E-state index contributed by atoms with van der Waals surface area (Å²) in [7, 11) is 1.62. The van der Waals surface area contributed by atoms with Crippen molar-refractivity contribution >= 4 is 5.71 Å². The van der Waals surface area contributed by atoms with Gasteiger partial charge in [0.1, 0.15) is 17.2 Å². The first kappa shape index (κ1) is 15.9. The molecule has 22 heavy (non-hydrogen) atoms. The van der Waals surface area contributed by atoms with Gasteiger partial charge in [-0.3, -0.25) is 0 Å². The lowest BCUT2D eigenvalue weighted by atomic mass is 10.0. The van der Waals surface area contributed by atoms with Crippen molar-refractivity contribution in [3.8, 4) is 11.5 Å². The van der Waals surface area contributed by atoms with Crippen molar-refractivity contribution < 1.29 is 14.7 Å². The summed E-state index contributed by atoms with van der Waals surface area (Å²) in [6.45, 7) is 4.89. The summed E-state index contributed by atoms with van der Waals surface area (Å²) in [6, 6.07) is 14.9. The lowest BCUT2D eigenvalue weighted by Crippen LogP contribution is -2.06. The minimum atomic E-state index is 0.480. The van der Waals surface area contributed by atoms with Gasteiger partial charge in [0.2, 0.25) is 0 Å². The first-order valence-electron chi connectivity index (χ1n) is 7.23. The quantitative estimate of drug-likeness (QED) is 0.499. The van der Waals surface area contributed by atoms with Gasteiger partial charge in [-0.1, -0.05) is 19.0 Å². The van der Waals surface area contributed by atoms with E-state index in [0.29, 0.717) is 18.2 Å². The molecule has 0 heterocycles. The highest BCUT2D eigenvalue weighted by molar-refractivity contribution is 6.12. The number of oxime groups is 1. The van der Waals surface area contributed by atoms with Gasteiger partial charge in [-0.2, -0.15) is 0 Å². The SMILES string of the molecule is COc1ccc(/C(=N\O)c2ccc(OCC(C)C)cc2)cc1. The highest BCUT2D eigenvalue weighted by Gasteiger charge is 2.08. The zero-order valence-electron chi connectivity index (χ0n) is 13.1. The Kier molecular flexibility index (Phi) is 5.42. The van der Waals surface area contributed by atoms with Crippen LogP contribution in [0, 0.1) is 5.92 Å². The van der Waals surface area contributed by atoms with Gasteiger partial charge in [0.15, 0.2) is 0 Å². The molecule has 2 aromatic carbocycles. The fourth-order valence-electron chi connectivity index (χ4n) is 2.00. The molecule has 0 radical (unpaired) electrons. The monoisotopic (exact) mass is 299 g/mol. The van der Waals surface area contributed by atoms with Crippen LogP contribution in [-0.4, -0.2) is 24.6 Å². The molecule has 116 valence electrons. The fourth-order valence-corrected chi connectivity index (χ4v) is 2.00. The zero-order chi connectivity index (χ0) is 15.9. The van der Waals surface area contributed by atoms with Gasteiger partial charge in [0.05, 0.1) is 13.7 Å². The van der Waals surface area contributed by atoms with Crippen LogP contribution in [0.5, 0.6) is 11.5 Å². The van der Waals surface area contributed by atoms with Crippen LogP contribution in [0.2, 0.25) is 0 Å². The number of hydrogen-bond donors (Lipinski definition) is 1. The average Bonchev–Trinajstić information content (AvgIpc) is 2.55. The molecule has 1 N–H and O–H groups in total. The average molecular weight is 299 g/mol. The molecule has 0 aliphatic heterocycles. The van der Waals surface area contributed by atoms with Gasteiger partial charge < -0.3 is 14.7 Å². The molecule has 0 amide bonds. The van der Waals surface area contributed by atoms with E-state index in [9.17, 15) is 5.21 Å². The Morgan fingerprint density at radius 3 is 1.86 bits per heavy atom. The van der Waals surface area contributed by atoms with Crippen molar-refractivity contribution in [3.63, 3.8) is 0 Å². The third kappa shape index (κ3) is 4.01. The molecule has 0 saturated carbocycles. The van der Waals surface area contributed by atoms with Crippen LogP contribution in [0.25, 0.3) is 0 Å². The molecule has 0 aromatic heterocycles. The maximum Gasteiger partial charge on any atom is 0.119 e. The molecule has 0 fully saturated rings. The molecule has 2 rings (SSSR count). The van der Waals surface area contributed by atoms with E-state index in [4.69, 9.17) is 9.47 Å². The van der Waals surface area contributed by atoms with Crippen LogP contribution in [0.1, 0.15) is 25.0 Å². The molecule has 4 nitrogen and oxygen atoms in total. The summed E-state index contributed by atoms with van der Waals surface area (Å²) in [6.07, 6.45) is 0. The van der Waals surface area contributed by atoms with Gasteiger partial charge in [0, 0.05) is 11.1 Å². The Hall–Kier alpha value is -2.49. The van der Waals surface area contributed by atoms with Crippen molar-refractivity contribution in [3.05, 3.63) is 59.7 Å². The second-order valence-electron chi connectivity index (χ2n) is 5.41. The smallest absolute Gasteiger partial charge is 0.119 e. The molecular weight excluding hydrogens is 278 g/mol. The highest BCUT2D eigenvalue weighted by Crippen LogP contribution is 2.18. The Balaban J connectivity index is 2.17. The molecule has 2 aromatic rings. The molecule has 0 aliphatic carbocycles. The Bertz CT molecular complexity index is 616. The second kappa shape index (κ2) is 7.50. The largest absolute Gasteiger partial charge is 0.497 e. The van der Waals surface area contributed by atoms with Crippen LogP contribution < -0.4 is 9.47 Å². The normalized spacial score (nSPS) is 11.5. The molecule has 0 aliphatic rings. The second-order valence-corrected chi connectivity index (χ2v) is 5.41. The number of hydrogen-bond acceptors (Lipinski definition) is 4. The number of ether oxygens (including phenoxy) is 2. The lowest BCUT2D eigenvalue weighted by Gasteiger charge is -2.10. The third-order valence-electron chi connectivity index (χ3n) is 3.17. The highest BCUT2D eigenvalue weighted by atomic mass is 16.5. The number of rotatable bonds is 6. The zero-order valence-corrected chi connectivity index (χ0v) is 13.1. The first-order chi connectivity index (χ1) is 10.6. The van der Waals surface area contributed by atoms with Crippen molar-refractivity contribution in [2.45, 2.75) is 13.8 Å². The molecule has 0 unspecified atom stereocenters. The summed E-state index contributed by atoms with van der Waals surface area (Å²) < 4.78 is 10.8. The van der Waals surface area contributed by atoms with Crippen LogP contribution in [0.15, 0.2) is 53.7 Å². The van der Waals surface area contributed by atoms with Gasteiger partial charge in [0.25, 0.3) is 0 Å². The van der Waals surface area contributed by atoms with E-state index >= 15 is 0 Å². The standard InChI is InChI=1S/C18H21NO3/c1-13(2)12-22-17-10-6-15(7-11-17)18(19-20)14-4-8-16(21-3)9-5-14/h4-11,13,20H,12H2,1-3H3/b19-18+. The maximum absolute atomic E-state index is 9.33. The Labute approximate surface area is 131 Å². The molecular formula is C18H21NO3. The van der Waals surface area contributed by atoms with Crippen LogP contribution in [-0.2, 0) is 0 Å². The van der Waals surface area contributed by atoms with E-state index in [1.807, 2.05) is 48.5 Å². The van der Waals surface area contributed by atoms with E-state index in [-0.39, 0.29) is 0 Å². The van der Waals surface area contributed by atoms with E-state index in [0.717, 1.165) is 22.6 Å². The van der Waals surface area contributed by atoms with Crippen LogP contribution in [0.3, 0.4) is 0 Å². The van der Waals surface area contributed by atoms with Crippen LogP contribution >= 0.6 is 0 Å². The summed E-state index contributed by atoms with van der Waals surface area (Å²) in [5.74, 6) is 2.05. The Morgan fingerprint density at radius 2 is 1.45 bits per heavy atom. The third-order valence-corrected chi connectivity index (χ3v) is 3.17. The number of nitrogens with zero attached hydrogens (tertiary/aromatic N) is 1. The van der Waals surface area contributed by atoms with Gasteiger partial charge >= 0.3 is 0 Å².